The van der Waals surface area contributed by atoms with Crippen molar-refractivity contribution in [2.75, 3.05) is 31.1 Å². The van der Waals surface area contributed by atoms with Crippen LogP contribution in [0.3, 0.4) is 0 Å². The molecular weight excluding hydrogens is 400 g/mol. The van der Waals surface area contributed by atoms with Crippen LogP contribution in [0.25, 0.3) is 11.3 Å². The zero-order valence-corrected chi connectivity index (χ0v) is 18.8. The first kappa shape index (κ1) is 21.8. The van der Waals surface area contributed by atoms with Gasteiger partial charge >= 0.3 is 0 Å². The number of amides is 1. The summed E-state index contributed by atoms with van der Waals surface area (Å²) in [5.41, 5.74) is 4.24. The summed E-state index contributed by atoms with van der Waals surface area (Å²) >= 11 is 0. The lowest BCUT2D eigenvalue weighted by atomic mass is 9.97. The Bertz CT molecular complexity index is 1020. The molecule has 0 aliphatic carbocycles. The molecule has 32 heavy (non-hydrogen) atoms. The Morgan fingerprint density at radius 2 is 1.84 bits per heavy atom. The number of hydrogen-bond donors (Lipinski definition) is 1. The SMILES string of the molecule is Cc1cc(C)cc(OCCNC(=O)C2CCCN(c3ccc(-c4ccccc4)nn3)C2)c1. The van der Waals surface area contributed by atoms with Gasteiger partial charge < -0.3 is 15.0 Å². The fraction of sp³-hybridized carbons (Fsp3) is 0.346. The molecule has 166 valence electrons. The molecule has 1 aliphatic heterocycles. The molecule has 1 atom stereocenters. The molecule has 2 heterocycles. The van der Waals surface area contributed by atoms with Gasteiger partial charge in [0.15, 0.2) is 5.82 Å². The normalized spacial score (nSPS) is 15.9. The number of benzene rings is 2. The molecule has 1 N–H and O–H groups in total. The number of rotatable bonds is 7. The minimum Gasteiger partial charge on any atom is -0.492 e. The molecule has 0 saturated carbocycles. The van der Waals surface area contributed by atoms with Crippen LogP contribution in [0.1, 0.15) is 24.0 Å². The summed E-state index contributed by atoms with van der Waals surface area (Å²) in [6.45, 7) is 6.60. The predicted molar refractivity (Wildman–Crippen MR) is 127 cm³/mol. The van der Waals surface area contributed by atoms with E-state index in [0.29, 0.717) is 19.7 Å². The van der Waals surface area contributed by atoms with Gasteiger partial charge in [-0.3, -0.25) is 4.79 Å². The van der Waals surface area contributed by atoms with Crippen LogP contribution in [0, 0.1) is 19.8 Å². The van der Waals surface area contributed by atoms with E-state index in [-0.39, 0.29) is 11.8 Å². The van der Waals surface area contributed by atoms with Gasteiger partial charge in [0.05, 0.1) is 18.2 Å². The molecule has 0 spiro atoms. The van der Waals surface area contributed by atoms with Crippen LogP contribution in [0.5, 0.6) is 5.75 Å². The Hall–Kier alpha value is -3.41. The first-order valence-electron chi connectivity index (χ1n) is 11.2. The Labute approximate surface area is 189 Å². The summed E-state index contributed by atoms with van der Waals surface area (Å²) in [5.74, 6) is 1.69. The van der Waals surface area contributed by atoms with Crippen molar-refractivity contribution in [3.63, 3.8) is 0 Å². The van der Waals surface area contributed by atoms with E-state index in [1.165, 1.54) is 11.1 Å². The summed E-state index contributed by atoms with van der Waals surface area (Å²) < 4.78 is 5.80. The van der Waals surface area contributed by atoms with Crippen LogP contribution >= 0.6 is 0 Å². The number of nitrogens with zero attached hydrogens (tertiary/aromatic N) is 3. The molecule has 1 fully saturated rings. The standard InChI is InChI=1S/C26H30N4O2/c1-19-15-20(2)17-23(16-19)32-14-12-27-26(31)22-9-6-13-30(18-22)25-11-10-24(28-29-25)21-7-4-3-5-8-21/h3-5,7-8,10-11,15-17,22H,6,9,12-14,18H2,1-2H3,(H,27,31). The van der Waals surface area contributed by atoms with Crippen molar-refractivity contribution < 1.29 is 9.53 Å². The summed E-state index contributed by atoms with van der Waals surface area (Å²) in [5, 5.41) is 11.8. The molecule has 4 rings (SSSR count). The second-order valence-corrected chi connectivity index (χ2v) is 8.39. The highest BCUT2D eigenvalue weighted by atomic mass is 16.5. The lowest BCUT2D eigenvalue weighted by Crippen LogP contribution is -2.44. The fourth-order valence-electron chi connectivity index (χ4n) is 4.16. The minimum atomic E-state index is -0.0550. The van der Waals surface area contributed by atoms with Gasteiger partial charge in [0.1, 0.15) is 12.4 Å². The Morgan fingerprint density at radius 1 is 1.06 bits per heavy atom. The van der Waals surface area contributed by atoms with Gasteiger partial charge in [-0.15, -0.1) is 10.2 Å². The third-order valence-corrected chi connectivity index (χ3v) is 5.70. The number of nitrogens with one attached hydrogen (secondary N) is 1. The smallest absolute Gasteiger partial charge is 0.225 e. The van der Waals surface area contributed by atoms with Crippen LogP contribution in [-0.2, 0) is 4.79 Å². The number of aromatic nitrogens is 2. The van der Waals surface area contributed by atoms with Crippen LogP contribution in [0.15, 0.2) is 60.7 Å². The molecule has 6 nitrogen and oxygen atoms in total. The summed E-state index contributed by atoms with van der Waals surface area (Å²) in [6, 6.07) is 20.1. The molecule has 0 radical (unpaired) electrons. The minimum absolute atomic E-state index is 0.0550. The zero-order valence-electron chi connectivity index (χ0n) is 18.8. The molecule has 1 unspecified atom stereocenters. The van der Waals surface area contributed by atoms with Gasteiger partial charge in [0.25, 0.3) is 0 Å². The average molecular weight is 431 g/mol. The van der Waals surface area contributed by atoms with Crippen molar-refractivity contribution in [1.82, 2.24) is 15.5 Å². The summed E-state index contributed by atoms with van der Waals surface area (Å²) in [4.78, 5) is 14.9. The molecule has 1 saturated heterocycles. The van der Waals surface area contributed by atoms with Crippen molar-refractivity contribution in [2.45, 2.75) is 26.7 Å². The van der Waals surface area contributed by atoms with Crippen molar-refractivity contribution in [3.05, 3.63) is 71.8 Å². The zero-order chi connectivity index (χ0) is 22.3. The number of aryl methyl sites for hydroxylation is 2. The highest BCUT2D eigenvalue weighted by molar-refractivity contribution is 5.79. The number of ether oxygens (including phenoxy) is 1. The molecular formula is C26H30N4O2. The lowest BCUT2D eigenvalue weighted by Gasteiger charge is -2.32. The highest BCUT2D eigenvalue weighted by Gasteiger charge is 2.26. The van der Waals surface area contributed by atoms with E-state index in [0.717, 1.165) is 42.2 Å². The van der Waals surface area contributed by atoms with Crippen LogP contribution < -0.4 is 15.0 Å². The predicted octanol–water partition coefficient (Wildman–Crippen LogP) is 4.17. The van der Waals surface area contributed by atoms with Gasteiger partial charge in [0, 0.05) is 18.7 Å². The summed E-state index contributed by atoms with van der Waals surface area (Å²) in [6.07, 6.45) is 1.84. The third-order valence-electron chi connectivity index (χ3n) is 5.70. The lowest BCUT2D eigenvalue weighted by molar-refractivity contribution is -0.125. The third kappa shape index (κ3) is 5.63. The summed E-state index contributed by atoms with van der Waals surface area (Å²) in [7, 11) is 0. The van der Waals surface area contributed by atoms with E-state index in [1.54, 1.807) is 0 Å². The van der Waals surface area contributed by atoms with Gasteiger partial charge in [-0.2, -0.15) is 0 Å². The molecule has 6 heteroatoms. The molecule has 1 aromatic heterocycles. The van der Waals surface area contributed by atoms with E-state index in [4.69, 9.17) is 4.74 Å². The van der Waals surface area contributed by atoms with E-state index in [9.17, 15) is 4.79 Å². The van der Waals surface area contributed by atoms with Crippen LogP contribution in [0.2, 0.25) is 0 Å². The second kappa shape index (κ2) is 10.3. The maximum Gasteiger partial charge on any atom is 0.225 e. The number of hydrogen-bond acceptors (Lipinski definition) is 5. The first-order valence-corrected chi connectivity index (χ1v) is 11.2. The maximum atomic E-state index is 12.7. The second-order valence-electron chi connectivity index (χ2n) is 8.39. The number of carbonyl (C=O) groups excluding carboxylic acids is 1. The Kier molecular flexibility index (Phi) is 7.00. The number of carbonyl (C=O) groups is 1. The van der Waals surface area contributed by atoms with Crippen LogP contribution in [0.4, 0.5) is 5.82 Å². The van der Waals surface area contributed by atoms with E-state index in [1.807, 2.05) is 54.6 Å². The molecule has 1 amide bonds. The van der Waals surface area contributed by atoms with Crippen molar-refractivity contribution in [2.24, 2.45) is 5.92 Å². The fourth-order valence-corrected chi connectivity index (χ4v) is 4.16. The largest absolute Gasteiger partial charge is 0.492 e. The van der Waals surface area contributed by atoms with Crippen LogP contribution in [-0.4, -0.2) is 42.3 Å². The van der Waals surface area contributed by atoms with Crippen molar-refractivity contribution in [3.8, 4) is 17.0 Å². The van der Waals surface area contributed by atoms with E-state index in [2.05, 4.69) is 40.3 Å². The van der Waals surface area contributed by atoms with Crippen molar-refractivity contribution in [1.29, 1.82) is 0 Å². The molecule has 3 aromatic rings. The average Bonchev–Trinajstić information content (AvgIpc) is 2.82. The first-order chi connectivity index (χ1) is 15.6. The number of piperidine rings is 1. The monoisotopic (exact) mass is 430 g/mol. The number of anilines is 1. The van der Waals surface area contributed by atoms with E-state index < -0.39 is 0 Å². The Morgan fingerprint density at radius 3 is 2.56 bits per heavy atom. The van der Waals surface area contributed by atoms with Gasteiger partial charge in [-0.1, -0.05) is 36.4 Å². The quantitative estimate of drug-likeness (QED) is 0.570. The van der Waals surface area contributed by atoms with Crippen molar-refractivity contribution >= 4 is 11.7 Å². The topological polar surface area (TPSA) is 67.3 Å². The van der Waals surface area contributed by atoms with Gasteiger partial charge in [-0.25, -0.2) is 0 Å². The van der Waals surface area contributed by atoms with E-state index >= 15 is 0 Å². The molecule has 1 aliphatic rings. The Balaban J connectivity index is 1.27. The maximum absolute atomic E-state index is 12.7. The molecule has 2 aromatic carbocycles. The molecule has 0 bridgehead atoms. The highest BCUT2D eigenvalue weighted by Crippen LogP contribution is 2.23. The van der Waals surface area contributed by atoms with Gasteiger partial charge in [-0.05, 0) is 62.1 Å². The van der Waals surface area contributed by atoms with Gasteiger partial charge in [0.2, 0.25) is 5.91 Å².